The summed E-state index contributed by atoms with van der Waals surface area (Å²) >= 11 is 13.3. The van der Waals surface area contributed by atoms with E-state index in [0.29, 0.717) is 21.2 Å². The maximum atomic E-state index is 13.3. The van der Waals surface area contributed by atoms with Crippen LogP contribution in [0.15, 0.2) is 146 Å². The Bertz CT molecular complexity index is 1660. The van der Waals surface area contributed by atoms with Gasteiger partial charge in [0.05, 0.1) is 0 Å². The van der Waals surface area contributed by atoms with Crippen molar-refractivity contribution in [2.45, 2.75) is 0 Å². The van der Waals surface area contributed by atoms with Crippen molar-refractivity contribution in [3.8, 4) is 44.5 Å². The highest BCUT2D eigenvalue weighted by Gasteiger charge is 2.15. The largest absolute Gasteiger partial charge is 0.289 e. The molecule has 0 radical (unpaired) electrons. The molecule has 6 rings (SSSR count). The smallest absolute Gasteiger partial charge is 0.193 e. The lowest BCUT2D eigenvalue weighted by Gasteiger charge is -2.10. The van der Waals surface area contributed by atoms with Gasteiger partial charge in [0.25, 0.3) is 0 Å². The van der Waals surface area contributed by atoms with E-state index in [-0.39, 0.29) is 5.78 Å². The minimum Gasteiger partial charge on any atom is -0.289 e. The molecule has 0 fully saturated rings. The molecule has 0 heterocycles. The number of hydrogen-bond donors (Lipinski definition) is 0. The summed E-state index contributed by atoms with van der Waals surface area (Å²) in [6.45, 7) is 0. The third kappa shape index (κ3) is 5.35. The van der Waals surface area contributed by atoms with Crippen molar-refractivity contribution < 1.29 is 4.79 Å². The van der Waals surface area contributed by atoms with Crippen LogP contribution in [-0.4, -0.2) is 5.78 Å². The molecular formula is C37H24Cl2O. The van der Waals surface area contributed by atoms with Crippen LogP contribution in [0.5, 0.6) is 0 Å². The van der Waals surface area contributed by atoms with Crippen LogP contribution in [0.4, 0.5) is 0 Å². The Hall–Kier alpha value is -4.43. The molecule has 0 aliphatic heterocycles. The first kappa shape index (κ1) is 25.8. The predicted molar refractivity (Wildman–Crippen MR) is 168 cm³/mol. The van der Waals surface area contributed by atoms with Crippen molar-refractivity contribution in [3.63, 3.8) is 0 Å². The molecule has 0 spiro atoms. The molecule has 0 aliphatic carbocycles. The molecule has 0 saturated carbocycles. The van der Waals surface area contributed by atoms with Crippen LogP contribution < -0.4 is 0 Å². The van der Waals surface area contributed by atoms with Crippen molar-refractivity contribution in [1.82, 2.24) is 0 Å². The van der Waals surface area contributed by atoms with Crippen molar-refractivity contribution in [3.05, 3.63) is 167 Å². The van der Waals surface area contributed by atoms with Gasteiger partial charge in [-0.2, -0.15) is 0 Å². The van der Waals surface area contributed by atoms with E-state index in [1.807, 2.05) is 60.7 Å². The molecule has 0 N–H and O–H groups in total. The standard InChI is InChI=1S/C37H24Cl2O/c38-35-23-31(19-21-33(35)29-15-11-27(12-16-29)25-7-3-1-4-8-25)37(40)32-20-22-34(36(39)24-32)30-17-13-28(14-18-30)26-9-5-2-6-10-26/h1-24H. The van der Waals surface area contributed by atoms with Crippen LogP contribution in [0, 0.1) is 0 Å². The van der Waals surface area contributed by atoms with E-state index in [1.54, 1.807) is 12.1 Å². The SMILES string of the molecule is O=C(c1ccc(-c2ccc(-c3ccccc3)cc2)c(Cl)c1)c1ccc(-c2ccc(-c3ccccc3)cc2)c(Cl)c1. The predicted octanol–water partition coefficient (Wildman–Crippen LogP) is 10.9. The maximum Gasteiger partial charge on any atom is 0.193 e. The summed E-state index contributed by atoms with van der Waals surface area (Å²) in [5, 5.41) is 1.05. The van der Waals surface area contributed by atoms with E-state index >= 15 is 0 Å². The van der Waals surface area contributed by atoms with Gasteiger partial charge in [0.2, 0.25) is 0 Å². The van der Waals surface area contributed by atoms with Gasteiger partial charge in [0.15, 0.2) is 5.78 Å². The van der Waals surface area contributed by atoms with Crippen LogP contribution in [0.25, 0.3) is 44.5 Å². The van der Waals surface area contributed by atoms with Gasteiger partial charge in [-0.25, -0.2) is 0 Å². The zero-order valence-electron chi connectivity index (χ0n) is 21.5. The Morgan fingerprint density at radius 3 is 1.05 bits per heavy atom. The first-order valence-corrected chi connectivity index (χ1v) is 13.8. The number of ketones is 1. The van der Waals surface area contributed by atoms with E-state index in [2.05, 4.69) is 72.8 Å². The molecule has 1 nitrogen and oxygen atoms in total. The first-order valence-electron chi connectivity index (χ1n) is 13.0. The van der Waals surface area contributed by atoms with Crippen LogP contribution in [0.2, 0.25) is 10.0 Å². The summed E-state index contributed by atoms with van der Waals surface area (Å²) in [6, 6.07) is 47.9. The molecule has 3 heteroatoms. The quantitative estimate of drug-likeness (QED) is 0.187. The molecule has 0 atom stereocenters. The summed E-state index contributed by atoms with van der Waals surface area (Å²) in [5.41, 5.74) is 9.39. The number of rotatable bonds is 6. The lowest BCUT2D eigenvalue weighted by Crippen LogP contribution is -2.02. The average molecular weight is 556 g/mol. The number of halogens is 2. The second kappa shape index (κ2) is 11.4. The highest BCUT2D eigenvalue weighted by molar-refractivity contribution is 6.34. The molecule has 0 amide bonds. The van der Waals surface area contributed by atoms with E-state index < -0.39 is 0 Å². The van der Waals surface area contributed by atoms with Gasteiger partial charge in [-0.05, 0) is 45.5 Å². The molecule has 6 aromatic rings. The minimum atomic E-state index is -0.124. The molecule has 0 aromatic heterocycles. The number of benzene rings is 6. The maximum absolute atomic E-state index is 13.3. The Morgan fingerprint density at radius 1 is 0.375 bits per heavy atom. The van der Waals surface area contributed by atoms with Crippen molar-refractivity contribution in [1.29, 1.82) is 0 Å². The van der Waals surface area contributed by atoms with Gasteiger partial charge >= 0.3 is 0 Å². The van der Waals surface area contributed by atoms with Crippen molar-refractivity contribution >= 4 is 29.0 Å². The van der Waals surface area contributed by atoms with Gasteiger partial charge in [-0.15, -0.1) is 0 Å². The Kier molecular flexibility index (Phi) is 7.33. The normalized spacial score (nSPS) is 10.8. The van der Waals surface area contributed by atoms with Crippen molar-refractivity contribution in [2.24, 2.45) is 0 Å². The zero-order chi connectivity index (χ0) is 27.5. The van der Waals surface area contributed by atoms with Crippen LogP contribution in [0.1, 0.15) is 15.9 Å². The third-order valence-corrected chi connectivity index (χ3v) is 7.69. The fourth-order valence-corrected chi connectivity index (χ4v) is 5.47. The topological polar surface area (TPSA) is 17.1 Å². The summed E-state index contributed by atoms with van der Waals surface area (Å²) in [4.78, 5) is 13.3. The van der Waals surface area contributed by atoms with E-state index in [0.717, 1.165) is 44.5 Å². The molecule has 6 aromatic carbocycles. The second-order valence-corrected chi connectivity index (χ2v) is 10.4. The number of hydrogen-bond acceptors (Lipinski definition) is 1. The second-order valence-electron chi connectivity index (χ2n) is 9.61. The van der Waals surface area contributed by atoms with Gasteiger partial charge in [-0.1, -0.05) is 157 Å². The van der Waals surface area contributed by atoms with Crippen LogP contribution in [-0.2, 0) is 0 Å². The summed E-state index contributed by atoms with van der Waals surface area (Å²) in [5.74, 6) is -0.124. The van der Waals surface area contributed by atoms with Gasteiger partial charge < -0.3 is 0 Å². The molecular weight excluding hydrogens is 531 g/mol. The Balaban J connectivity index is 1.21. The van der Waals surface area contributed by atoms with Gasteiger partial charge in [0, 0.05) is 32.3 Å². The summed E-state index contributed by atoms with van der Waals surface area (Å²) < 4.78 is 0. The third-order valence-electron chi connectivity index (χ3n) is 7.07. The highest BCUT2D eigenvalue weighted by Crippen LogP contribution is 2.34. The fraction of sp³-hybridized carbons (Fsp3) is 0. The lowest BCUT2D eigenvalue weighted by atomic mass is 9.96. The zero-order valence-corrected chi connectivity index (χ0v) is 23.0. The van der Waals surface area contributed by atoms with Crippen LogP contribution >= 0.6 is 23.2 Å². The molecule has 192 valence electrons. The van der Waals surface area contributed by atoms with Crippen molar-refractivity contribution in [2.75, 3.05) is 0 Å². The number of carbonyl (C=O) groups is 1. The monoisotopic (exact) mass is 554 g/mol. The molecule has 0 bridgehead atoms. The fourth-order valence-electron chi connectivity index (χ4n) is 4.89. The van der Waals surface area contributed by atoms with Gasteiger partial charge in [0.1, 0.15) is 0 Å². The average Bonchev–Trinajstić information content (AvgIpc) is 3.02. The summed E-state index contributed by atoms with van der Waals surface area (Å²) in [6.07, 6.45) is 0. The van der Waals surface area contributed by atoms with E-state index in [1.165, 1.54) is 0 Å². The van der Waals surface area contributed by atoms with E-state index in [4.69, 9.17) is 23.2 Å². The Labute approximate surface area is 244 Å². The molecule has 0 saturated heterocycles. The Morgan fingerprint density at radius 2 is 0.700 bits per heavy atom. The molecule has 0 aliphatic rings. The number of carbonyl (C=O) groups excluding carboxylic acids is 1. The molecule has 0 unspecified atom stereocenters. The van der Waals surface area contributed by atoms with Crippen LogP contribution in [0.3, 0.4) is 0 Å². The van der Waals surface area contributed by atoms with Gasteiger partial charge in [-0.3, -0.25) is 4.79 Å². The highest BCUT2D eigenvalue weighted by atomic mass is 35.5. The first-order chi connectivity index (χ1) is 19.6. The molecule has 40 heavy (non-hydrogen) atoms. The lowest BCUT2D eigenvalue weighted by molar-refractivity contribution is 0.103. The minimum absolute atomic E-state index is 0.124. The van der Waals surface area contributed by atoms with E-state index in [9.17, 15) is 4.79 Å². The summed E-state index contributed by atoms with van der Waals surface area (Å²) in [7, 11) is 0.